The number of ether oxygens (including phenoxy) is 1. The lowest BCUT2D eigenvalue weighted by atomic mass is 10.3. The van der Waals surface area contributed by atoms with Gasteiger partial charge in [0.2, 0.25) is 5.95 Å². The molecule has 3 rings (SSSR count). The standard InChI is InChI=1S/C20H26ClN5O4/c1-4-5-10-22-19-23-17-16(18(28)25(3)20(29)24(17)2)26(19)11-13(27)12-30-15-9-7-6-8-14(15)21/h6-9,13,27H,4-5,10-12H2,1-3H3,(H,22,23)/t13-/m0/s1. The molecule has 1 aromatic carbocycles. The van der Waals surface area contributed by atoms with Crippen LogP contribution in [0.1, 0.15) is 19.8 Å². The fraction of sp³-hybridized carbons (Fsp3) is 0.450. The summed E-state index contributed by atoms with van der Waals surface area (Å²) in [6.07, 6.45) is 0.965. The summed E-state index contributed by atoms with van der Waals surface area (Å²) in [7, 11) is 2.98. The molecule has 2 heterocycles. The molecule has 2 N–H and O–H groups in total. The van der Waals surface area contributed by atoms with Crippen LogP contribution in [-0.4, -0.2) is 43.0 Å². The lowest BCUT2D eigenvalue weighted by Gasteiger charge is -2.16. The van der Waals surface area contributed by atoms with E-state index in [0.29, 0.717) is 23.3 Å². The number of unbranched alkanes of at least 4 members (excludes halogenated alkanes) is 1. The Hall–Kier alpha value is -2.78. The molecule has 3 aromatic rings. The highest BCUT2D eigenvalue weighted by Gasteiger charge is 2.21. The third-order valence-electron chi connectivity index (χ3n) is 4.82. The number of hydrogen-bond acceptors (Lipinski definition) is 6. The van der Waals surface area contributed by atoms with Crippen molar-refractivity contribution in [2.75, 3.05) is 18.5 Å². The van der Waals surface area contributed by atoms with E-state index in [-0.39, 0.29) is 24.3 Å². The van der Waals surface area contributed by atoms with E-state index in [1.807, 2.05) is 0 Å². The van der Waals surface area contributed by atoms with Gasteiger partial charge in [-0.25, -0.2) is 4.79 Å². The largest absolute Gasteiger partial charge is 0.489 e. The number of imidazole rings is 1. The van der Waals surface area contributed by atoms with E-state index in [1.165, 1.54) is 11.6 Å². The Kier molecular flexibility index (Phi) is 6.84. The highest BCUT2D eigenvalue weighted by atomic mass is 35.5. The van der Waals surface area contributed by atoms with Gasteiger partial charge in [0.25, 0.3) is 5.56 Å². The van der Waals surface area contributed by atoms with E-state index in [1.54, 1.807) is 35.9 Å². The number of nitrogens with one attached hydrogen (secondary N) is 1. The molecule has 10 heteroatoms. The van der Waals surface area contributed by atoms with Crippen LogP contribution in [0.5, 0.6) is 5.75 Å². The molecular formula is C20H26ClN5O4. The number of para-hydroxylation sites is 1. The van der Waals surface area contributed by atoms with Crippen molar-refractivity contribution < 1.29 is 9.84 Å². The summed E-state index contributed by atoms with van der Waals surface area (Å²) < 4.78 is 9.58. The molecular weight excluding hydrogens is 410 g/mol. The van der Waals surface area contributed by atoms with Gasteiger partial charge in [0.05, 0.1) is 11.6 Å². The fourth-order valence-corrected chi connectivity index (χ4v) is 3.34. The minimum absolute atomic E-state index is 0.0239. The van der Waals surface area contributed by atoms with Crippen molar-refractivity contribution in [2.45, 2.75) is 32.4 Å². The summed E-state index contributed by atoms with van der Waals surface area (Å²) in [6.45, 7) is 2.76. The van der Waals surface area contributed by atoms with Gasteiger partial charge >= 0.3 is 5.69 Å². The van der Waals surface area contributed by atoms with E-state index < -0.39 is 17.4 Å². The second kappa shape index (κ2) is 9.36. The van der Waals surface area contributed by atoms with Gasteiger partial charge in [0.1, 0.15) is 18.5 Å². The Morgan fingerprint density at radius 2 is 1.97 bits per heavy atom. The summed E-state index contributed by atoms with van der Waals surface area (Å²) in [4.78, 5) is 29.5. The first-order valence-electron chi connectivity index (χ1n) is 9.80. The second-order valence-corrected chi connectivity index (χ2v) is 7.51. The molecule has 1 atom stereocenters. The number of anilines is 1. The Morgan fingerprint density at radius 1 is 1.23 bits per heavy atom. The van der Waals surface area contributed by atoms with Crippen LogP contribution >= 0.6 is 11.6 Å². The van der Waals surface area contributed by atoms with Gasteiger partial charge in [-0.05, 0) is 18.6 Å². The topological polar surface area (TPSA) is 103 Å². The minimum Gasteiger partial charge on any atom is -0.489 e. The smallest absolute Gasteiger partial charge is 0.332 e. The van der Waals surface area contributed by atoms with Gasteiger partial charge in [-0.2, -0.15) is 4.98 Å². The van der Waals surface area contributed by atoms with Gasteiger partial charge in [0, 0.05) is 20.6 Å². The molecule has 0 amide bonds. The quantitative estimate of drug-likeness (QED) is 0.496. The average Bonchev–Trinajstić information content (AvgIpc) is 3.08. The maximum absolute atomic E-state index is 12.8. The number of hydrogen-bond donors (Lipinski definition) is 2. The summed E-state index contributed by atoms with van der Waals surface area (Å²) in [6, 6.07) is 6.99. The average molecular weight is 436 g/mol. The molecule has 162 valence electrons. The van der Waals surface area contributed by atoms with Crippen LogP contribution in [-0.2, 0) is 20.6 Å². The summed E-state index contributed by atoms with van der Waals surface area (Å²) >= 11 is 6.09. The number of nitrogens with zero attached hydrogens (tertiary/aromatic N) is 4. The van der Waals surface area contributed by atoms with Gasteiger partial charge < -0.3 is 19.7 Å². The zero-order valence-electron chi connectivity index (χ0n) is 17.3. The van der Waals surface area contributed by atoms with Gasteiger partial charge in [-0.3, -0.25) is 13.9 Å². The van der Waals surface area contributed by atoms with Crippen LogP contribution < -0.4 is 21.3 Å². The molecule has 0 radical (unpaired) electrons. The van der Waals surface area contributed by atoms with Crippen LogP contribution in [0.25, 0.3) is 11.2 Å². The maximum atomic E-state index is 12.8. The molecule has 0 saturated heterocycles. The molecule has 0 aliphatic heterocycles. The van der Waals surface area contributed by atoms with E-state index >= 15 is 0 Å². The van der Waals surface area contributed by atoms with Crippen LogP contribution in [0.4, 0.5) is 5.95 Å². The van der Waals surface area contributed by atoms with E-state index in [9.17, 15) is 14.7 Å². The van der Waals surface area contributed by atoms with Crippen LogP contribution in [0, 0.1) is 0 Å². The zero-order chi connectivity index (χ0) is 21.8. The van der Waals surface area contributed by atoms with Crippen molar-refractivity contribution in [1.82, 2.24) is 18.7 Å². The molecule has 0 bridgehead atoms. The molecule has 0 aliphatic rings. The van der Waals surface area contributed by atoms with Crippen LogP contribution in [0.2, 0.25) is 5.02 Å². The molecule has 0 spiro atoms. The molecule has 0 unspecified atom stereocenters. The predicted octanol–water partition coefficient (Wildman–Crippen LogP) is 1.74. The third kappa shape index (κ3) is 4.36. The first-order valence-corrected chi connectivity index (χ1v) is 10.2. The number of aromatic nitrogens is 4. The highest BCUT2D eigenvalue weighted by Crippen LogP contribution is 2.23. The molecule has 9 nitrogen and oxygen atoms in total. The van der Waals surface area contributed by atoms with Crippen molar-refractivity contribution in [3.8, 4) is 5.75 Å². The summed E-state index contributed by atoms with van der Waals surface area (Å²) in [5.74, 6) is 0.891. The summed E-state index contributed by atoms with van der Waals surface area (Å²) in [5.41, 5.74) is -0.417. The lowest BCUT2D eigenvalue weighted by molar-refractivity contribution is 0.0938. The van der Waals surface area contributed by atoms with Gasteiger partial charge in [-0.15, -0.1) is 0 Å². The van der Waals surface area contributed by atoms with E-state index in [2.05, 4.69) is 17.2 Å². The van der Waals surface area contributed by atoms with E-state index in [4.69, 9.17) is 16.3 Å². The minimum atomic E-state index is -0.938. The SMILES string of the molecule is CCCCNc1nc2c(c(=O)n(C)c(=O)n2C)n1C[C@H](O)COc1ccccc1Cl. The maximum Gasteiger partial charge on any atom is 0.332 e. The lowest BCUT2D eigenvalue weighted by Crippen LogP contribution is -2.38. The van der Waals surface area contributed by atoms with E-state index in [0.717, 1.165) is 17.4 Å². The molecule has 30 heavy (non-hydrogen) atoms. The van der Waals surface area contributed by atoms with Crippen molar-refractivity contribution in [2.24, 2.45) is 14.1 Å². The van der Waals surface area contributed by atoms with Crippen LogP contribution in [0.15, 0.2) is 33.9 Å². The Bertz CT molecular complexity index is 1150. The van der Waals surface area contributed by atoms with Gasteiger partial charge in [0.15, 0.2) is 11.2 Å². The Morgan fingerprint density at radius 3 is 2.67 bits per heavy atom. The number of aliphatic hydroxyl groups is 1. The fourth-order valence-electron chi connectivity index (χ4n) is 3.15. The van der Waals surface area contributed by atoms with Crippen molar-refractivity contribution in [1.29, 1.82) is 0 Å². The number of fused-ring (bicyclic) bond motifs is 1. The molecule has 0 fully saturated rings. The zero-order valence-corrected chi connectivity index (χ0v) is 18.0. The molecule has 0 aliphatic carbocycles. The van der Waals surface area contributed by atoms with Gasteiger partial charge in [-0.1, -0.05) is 37.1 Å². The number of benzene rings is 1. The Balaban J connectivity index is 1.93. The van der Waals surface area contributed by atoms with Crippen molar-refractivity contribution in [3.05, 3.63) is 50.1 Å². The number of aliphatic hydroxyl groups excluding tert-OH is 1. The first kappa shape index (κ1) is 21.9. The van der Waals surface area contributed by atoms with Crippen molar-refractivity contribution >= 4 is 28.7 Å². The highest BCUT2D eigenvalue weighted by molar-refractivity contribution is 6.32. The monoisotopic (exact) mass is 435 g/mol. The Labute approximate surface area is 178 Å². The molecule has 2 aromatic heterocycles. The molecule has 0 saturated carbocycles. The summed E-state index contributed by atoms with van der Waals surface area (Å²) in [5, 5.41) is 14.2. The predicted molar refractivity (Wildman–Crippen MR) is 117 cm³/mol. The number of halogens is 1. The normalized spacial score (nSPS) is 12.3. The number of aryl methyl sites for hydroxylation is 1. The first-order chi connectivity index (χ1) is 14.3. The second-order valence-electron chi connectivity index (χ2n) is 7.10. The van der Waals surface area contributed by atoms with Crippen LogP contribution in [0.3, 0.4) is 0 Å². The van der Waals surface area contributed by atoms with Crippen molar-refractivity contribution in [3.63, 3.8) is 0 Å². The third-order valence-corrected chi connectivity index (χ3v) is 5.13. The number of rotatable bonds is 9.